The molecule has 0 radical (unpaired) electrons. The summed E-state index contributed by atoms with van der Waals surface area (Å²) >= 11 is 5.94. The Morgan fingerprint density at radius 3 is 2.42 bits per heavy atom. The molecular formula is C13H10BClF3O-. The summed E-state index contributed by atoms with van der Waals surface area (Å²) in [5, 5.41) is 0.527. The summed E-state index contributed by atoms with van der Waals surface area (Å²) in [6, 6.07) is 11.9. The van der Waals surface area contributed by atoms with Crippen LogP contribution in [0, 0.1) is 0 Å². The number of hydrogen-bond acceptors (Lipinski definition) is 1. The Bertz CT molecular complexity index is 572. The summed E-state index contributed by atoms with van der Waals surface area (Å²) in [4.78, 5) is 0. The maximum absolute atomic E-state index is 12.6. The van der Waals surface area contributed by atoms with Gasteiger partial charge in [-0.3, -0.25) is 0 Å². The molecule has 0 amide bonds. The van der Waals surface area contributed by atoms with Crippen LogP contribution in [0.25, 0.3) is 0 Å². The van der Waals surface area contributed by atoms with Crippen molar-refractivity contribution in [2.24, 2.45) is 0 Å². The molecule has 0 spiro atoms. The molecule has 100 valence electrons. The third-order valence-corrected chi connectivity index (χ3v) is 2.96. The van der Waals surface area contributed by atoms with E-state index in [0.29, 0.717) is 5.02 Å². The molecule has 1 nitrogen and oxygen atoms in total. The highest BCUT2D eigenvalue weighted by atomic mass is 35.5. The van der Waals surface area contributed by atoms with Crippen LogP contribution in [-0.4, -0.2) is 6.98 Å². The normalized spacial score (nSPS) is 11.4. The summed E-state index contributed by atoms with van der Waals surface area (Å²) in [6.45, 7) is -4.88. The minimum absolute atomic E-state index is 0.133. The monoisotopic (exact) mass is 285 g/mol. The molecule has 0 aliphatic carbocycles. The molecule has 0 fully saturated rings. The van der Waals surface area contributed by atoms with E-state index in [0.717, 1.165) is 17.7 Å². The van der Waals surface area contributed by atoms with Crippen molar-refractivity contribution in [2.45, 2.75) is 6.61 Å². The van der Waals surface area contributed by atoms with Gasteiger partial charge in [-0.1, -0.05) is 41.9 Å². The van der Waals surface area contributed by atoms with Crippen LogP contribution in [0.5, 0.6) is 5.75 Å². The quantitative estimate of drug-likeness (QED) is 0.772. The van der Waals surface area contributed by atoms with E-state index in [1.54, 1.807) is 24.3 Å². The Morgan fingerprint density at radius 1 is 1.00 bits per heavy atom. The fourth-order valence-electron chi connectivity index (χ4n) is 1.58. The van der Waals surface area contributed by atoms with Crippen molar-refractivity contribution in [3.63, 3.8) is 0 Å². The first-order chi connectivity index (χ1) is 8.97. The van der Waals surface area contributed by atoms with Crippen LogP contribution in [0.1, 0.15) is 5.56 Å². The molecule has 2 aromatic carbocycles. The second-order valence-electron chi connectivity index (χ2n) is 4.03. The average Bonchev–Trinajstić information content (AvgIpc) is 2.37. The fraction of sp³-hybridized carbons (Fsp3) is 0.0769. The molecule has 0 heterocycles. The van der Waals surface area contributed by atoms with Crippen molar-refractivity contribution in [1.82, 2.24) is 0 Å². The summed E-state index contributed by atoms with van der Waals surface area (Å²) in [6.07, 6.45) is 0. The third-order valence-electron chi connectivity index (χ3n) is 2.59. The van der Waals surface area contributed by atoms with E-state index >= 15 is 0 Å². The molecule has 6 heteroatoms. The zero-order chi connectivity index (χ0) is 13.9. The Kier molecular flexibility index (Phi) is 4.05. The van der Waals surface area contributed by atoms with Crippen LogP contribution in [0.2, 0.25) is 5.02 Å². The van der Waals surface area contributed by atoms with Crippen LogP contribution in [-0.2, 0) is 6.61 Å². The number of halogens is 4. The molecule has 0 aromatic heterocycles. The average molecular weight is 285 g/mol. The van der Waals surface area contributed by atoms with E-state index in [9.17, 15) is 12.9 Å². The van der Waals surface area contributed by atoms with Crippen LogP contribution < -0.4 is 10.2 Å². The third kappa shape index (κ3) is 3.67. The zero-order valence-corrected chi connectivity index (χ0v) is 10.6. The molecule has 0 bridgehead atoms. The highest BCUT2D eigenvalue weighted by Crippen LogP contribution is 2.19. The summed E-state index contributed by atoms with van der Waals surface area (Å²) < 4.78 is 43.1. The lowest BCUT2D eigenvalue weighted by Gasteiger charge is -2.16. The minimum Gasteiger partial charge on any atom is -0.489 e. The van der Waals surface area contributed by atoms with Gasteiger partial charge in [-0.15, -0.1) is 5.46 Å². The Balaban J connectivity index is 2.10. The number of hydrogen-bond donors (Lipinski definition) is 0. The lowest BCUT2D eigenvalue weighted by atomic mass is 9.80. The van der Waals surface area contributed by atoms with Gasteiger partial charge in [0, 0.05) is 10.6 Å². The lowest BCUT2D eigenvalue weighted by Crippen LogP contribution is -2.33. The van der Waals surface area contributed by atoms with Crippen molar-refractivity contribution in [3.05, 3.63) is 59.1 Å². The van der Waals surface area contributed by atoms with Gasteiger partial charge in [-0.05, 0) is 18.2 Å². The van der Waals surface area contributed by atoms with E-state index in [-0.39, 0.29) is 12.4 Å². The molecule has 19 heavy (non-hydrogen) atoms. The number of rotatable bonds is 4. The zero-order valence-electron chi connectivity index (χ0n) is 9.82. The molecule has 0 aliphatic heterocycles. The number of benzene rings is 2. The SMILES string of the molecule is F[B-](F)(F)c1cccc(OCc2ccccc2Cl)c1. The molecule has 2 aromatic rings. The van der Waals surface area contributed by atoms with Gasteiger partial charge in [0.15, 0.2) is 0 Å². The standard InChI is InChI=1S/C13H10BClF3O/c15-13-7-2-1-4-10(13)9-19-12-6-3-5-11(8-12)14(16,17)18/h1-8H,9H2/q-1. The topological polar surface area (TPSA) is 9.23 Å². The molecule has 0 saturated heterocycles. The van der Waals surface area contributed by atoms with Gasteiger partial charge < -0.3 is 17.7 Å². The molecular weight excluding hydrogens is 275 g/mol. The van der Waals surface area contributed by atoms with Gasteiger partial charge in [0.25, 0.3) is 0 Å². The minimum atomic E-state index is -5.01. The predicted molar refractivity (Wildman–Crippen MR) is 70.9 cm³/mol. The first-order valence-corrected chi connectivity index (χ1v) is 6.01. The predicted octanol–water partition coefficient (Wildman–Crippen LogP) is 3.97. The van der Waals surface area contributed by atoms with Gasteiger partial charge in [-0.25, -0.2) is 0 Å². The highest BCUT2D eigenvalue weighted by Gasteiger charge is 2.25. The van der Waals surface area contributed by atoms with Gasteiger partial charge >= 0.3 is 6.98 Å². The molecule has 0 saturated carbocycles. The van der Waals surface area contributed by atoms with E-state index in [1.165, 1.54) is 12.1 Å². The van der Waals surface area contributed by atoms with Crippen molar-refractivity contribution >= 4 is 24.0 Å². The van der Waals surface area contributed by atoms with Crippen molar-refractivity contribution in [1.29, 1.82) is 0 Å². The Labute approximate surface area is 114 Å². The van der Waals surface area contributed by atoms with E-state index in [4.69, 9.17) is 16.3 Å². The smallest absolute Gasteiger partial charge is 0.489 e. The van der Waals surface area contributed by atoms with Gasteiger partial charge in [0.1, 0.15) is 12.4 Å². The summed E-state index contributed by atoms with van der Waals surface area (Å²) in [5.74, 6) is 0.177. The van der Waals surface area contributed by atoms with Crippen molar-refractivity contribution < 1.29 is 17.7 Å². The van der Waals surface area contributed by atoms with E-state index in [1.807, 2.05) is 0 Å². The molecule has 0 N–H and O–H groups in total. The first kappa shape index (κ1) is 13.8. The van der Waals surface area contributed by atoms with Crippen molar-refractivity contribution in [2.75, 3.05) is 0 Å². The Morgan fingerprint density at radius 2 is 1.74 bits per heavy atom. The van der Waals surface area contributed by atoms with E-state index < -0.39 is 12.4 Å². The highest BCUT2D eigenvalue weighted by molar-refractivity contribution is 6.73. The maximum Gasteiger partial charge on any atom is 0.509 e. The van der Waals surface area contributed by atoms with Gasteiger partial charge in [0.05, 0.1) is 0 Å². The summed E-state index contributed by atoms with van der Waals surface area (Å²) in [7, 11) is 0. The lowest BCUT2D eigenvalue weighted by molar-refractivity contribution is 0.306. The molecule has 0 aliphatic rings. The van der Waals surface area contributed by atoms with Crippen LogP contribution >= 0.6 is 11.6 Å². The first-order valence-electron chi connectivity index (χ1n) is 5.63. The second kappa shape index (κ2) is 5.57. The number of ether oxygens (including phenoxy) is 1. The summed E-state index contributed by atoms with van der Waals surface area (Å²) in [5.41, 5.74) is 0.0590. The Hall–Kier alpha value is -1.62. The van der Waals surface area contributed by atoms with Gasteiger partial charge in [-0.2, -0.15) is 0 Å². The molecule has 2 rings (SSSR count). The van der Waals surface area contributed by atoms with Gasteiger partial charge in [0.2, 0.25) is 0 Å². The second-order valence-corrected chi connectivity index (χ2v) is 4.43. The van der Waals surface area contributed by atoms with Crippen molar-refractivity contribution in [3.8, 4) is 5.75 Å². The van der Waals surface area contributed by atoms with E-state index in [2.05, 4.69) is 0 Å². The van der Waals surface area contributed by atoms with Crippen LogP contribution in [0.15, 0.2) is 48.5 Å². The molecule has 0 atom stereocenters. The fourth-order valence-corrected chi connectivity index (χ4v) is 1.77. The van der Waals surface area contributed by atoms with Crippen LogP contribution in [0.3, 0.4) is 0 Å². The molecule has 0 unspecified atom stereocenters. The maximum atomic E-state index is 12.6. The largest absolute Gasteiger partial charge is 0.509 e. The van der Waals surface area contributed by atoms with Crippen LogP contribution in [0.4, 0.5) is 12.9 Å².